The molecular formula is C22H22N2O2. The van der Waals surface area contributed by atoms with Crippen LogP contribution in [0, 0.1) is 17.8 Å². The van der Waals surface area contributed by atoms with E-state index in [4.69, 9.17) is 0 Å². The molecule has 0 radical (unpaired) electrons. The largest absolute Gasteiger partial charge is 0.379 e. The Morgan fingerprint density at radius 3 is 2.62 bits per heavy atom. The van der Waals surface area contributed by atoms with E-state index in [0.717, 1.165) is 36.8 Å². The van der Waals surface area contributed by atoms with E-state index in [-0.39, 0.29) is 17.6 Å². The second kappa shape index (κ2) is 5.85. The molecule has 5 rings (SSSR count). The van der Waals surface area contributed by atoms with E-state index in [0.29, 0.717) is 23.7 Å². The summed E-state index contributed by atoms with van der Waals surface area (Å²) in [5.74, 6) is 0.812. The number of nitrogens with zero attached hydrogens (tertiary/aromatic N) is 2. The molecule has 4 heteroatoms. The van der Waals surface area contributed by atoms with Gasteiger partial charge in [0, 0.05) is 18.3 Å². The number of allylic oxidation sites excluding steroid dienone is 2. The molecule has 0 unspecified atom stereocenters. The van der Waals surface area contributed by atoms with Gasteiger partial charge in [0.1, 0.15) is 11.3 Å². The van der Waals surface area contributed by atoms with Gasteiger partial charge in [-0.05, 0) is 48.3 Å². The van der Waals surface area contributed by atoms with Gasteiger partial charge in [0.05, 0.1) is 5.69 Å². The molecule has 0 bridgehead atoms. The van der Waals surface area contributed by atoms with Gasteiger partial charge < -0.3 is 5.11 Å². The van der Waals surface area contributed by atoms with Crippen LogP contribution in [0.2, 0.25) is 0 Å². The third kappa shape index (κ3) is 2.21. The average molecular weight is 346 g/mol. The quantitative estimate of drug-likeness (QED) is 0.858. The van der Waals surface area contributed by atoms with Gasteiger partial charge in [0.2, 0.25) is 0 Å². The number of ketones is 1. The van der Waals surface area contributed by atoms with Gasteiger partial charge in [-0.3, -0.25) is 14.8 Å². The minimum absolute atomic E-state index is 0.107. The molecule has 1 aromatic heterocycles. The highest BCUT2D eigenvalue weighted by molar-refractivity contribution is 6.01. The number of carbonyl (C=O) groups is 1. The predicted molar refractivity (Wildman–Crippen MR) is 98.0 cm³/mol. The molecule has 4 nitrogen and oxygen atoms in total. The number of benzene rings is 1. The van der Waals surface area contributed by atoms with Crippen LogP contribution >= 0.6 is 0 Å². The van der Waals surface area contributed by atoms with Crippen LogP contribution in [-0.2, 0) is 10.4 Å². The van der Waals surface area contributed by atoms with E-state index in [1.165, 1.54) is 0 Å². The first-order chi connectivity index (χ1) is 12.7. The summed E-state index contributed by atoms with van der Waals surface area (Å²) in [6.45, 7) is 0. The van der Waals surface area contributed by atoms with Gasteiger partial charge in [-0.15, -0.1) is 0 Å². The van der Waals surface area contributed by atoms with E-state index in [2.05, 4.69) is 9.97 Å². The van der Waals surface area contributed by atoms with E-state index in [1.807, 2.05) is 30.3 Å². The van der Waals surface area contributed by atoms with Crippen LogP contribution in [0.15, 0.2) is 48.8 Å². The number of aliphatic hydroxyl groups is 1. The molecule has 0 aliphatic heterocycles. The minimum atomic E-state index is -1.16. The average Bonchev–Trinajstić information content (AvgIpc) is 2.70. The van der Waals surface area contributed by atoms with Gasteiger partial charge in [-0.1, -0.05) is 43.2 Å². The number of aromatic nitrogens is 2. The van der Waals surface area contributed by atoms with Crippen LogP contribution in [0.25, 0.3) is 5.57 Å². The molecule has 1 aromatic carbocycles. The fourth-order valence-electron chi connectivity index (χ4n) is 5.33. The Balaban J connectivity index is 1.71. The lowest BCUT2D eigenvalue weighted by Gasteiger charge is -2.47. The van der Waals surface area contributed by atoms with E-state index in [9.17, 15) is 9.90 Å². The standard InChI is InChI=1S/C22H22N2O2/c25-19-12-17-18(15-8-4-5-9-16(15)19)13-22(26,14-6-2-1-3-7-14)21-20(17)23-10-11-24-21/h1-3,6-7,10-12,15-16,18,26H,4-5,8-9,13H2/t15-,16-,18+,22-/m0/s1. The second-order valence-corrected chi connectivity index (χ2v) is 7.85. The molecule has 132 valence electrons. The van der Waals surface area contributed by atoms with E-state index >= 15 is 0 Å². The first-order valence-corrected chi connectivity index (χ1v) is 9.54. The number of fused-ring (bicyclic) bond motifs is 5. The van der Waals surface area contributed by atoms with Crippen molar-refractivity contribution >= 4 is 11.4 Å². The first-order valence-electron chi connectivity index (χ1n) is 9.54. The predicted octanol–water partition coefficient (Wildman–Crippen LogP) is 3.50. The topological polar surface area (TPSA) is 63.1 Å². The summed E-state index contributed by atoms with van der Waals surface area (Å²) in [5, 5.41) is 11.8. The van der Waals surface area contributed by atoms with Crippen LogP contribution < -0.4 is 0 Å². The molecule has 1 N–H and O–H groups in total. The Kier molecular flexibility index (Phi) is 3.57. The number of hydrogen-bond acceptors (Lipinski definition) is 4. The van der Waals surface area contributed by atoms with Crippen molar-refractivity contribution < 1.29 is 9.90 Å². The number of hydrogen-bond donors (Lipinski definition) is 1. The van der Waals surface area contributed by atoms with Crippen LogP contribution in [0.1, 0.15) is 49.1 Å². The summed E-state index contributed by atoms with van der Waals surface area (Å²) in [6.07, 6.45) is 9.97. The molecule has 0 amide bonds. The van der Waals surface area contributed by atoms with Crippen LogP contribution in [0.5, 0.6) is 0 Å². The maximum atomic E-state index is 12.7. The zero-order valence-corrected chi connectivity index (χ0v) is 14.6. The zero-order chi connectivity index (χ0) is 17.7. The van der Waals surface area contributed by atoms with Gasteiger partial charge in [0.15, 0.2) is 5.78 Å². The van der Waals surface area contributed by atoms with Crippen molar-refractivity contribution in [1.29, 1.82) is 0 Å². The fourth-order valence-corrected chi connectivity index (χ4v) is 5.33. The van der Waals surface area contributed by atoms with Crippen LogP contribution in [-0.4, -0.2) is 20.9 Å². The SMILES string of the molecule is O=C1C=C2c3nccnc3[C@@](O)(c3ccccc3)C[C@@H]2[C@H]2CCCC[C@H]12. The van der Waals surface area contributed by atoms with E-state index < -0.39 is 5.60 Å². The molecule has 1 heterocycles. The summed E-state index contributed by atoms with van der Waals surface area (Å²) in [7, 11) is 0. The smallest absolute Gasteiger partial charge is 0.159 e. The zero-order valence-electron chi connectivity index (χ0n) is 14.6. The Morgan fingerprint density at radius 2 is 1.77 bits per heavy atom. The lowest BCUT2D eigenvalue weighted by atomic mass is 9.58. The van der Waals surface area contributed by atoms with Gasteiger partial charge in [-0.25, -0.2) is 0 Å². The highest BCUT2D eigenvalue weighted by Crippen LogP contribution is 2.54. The minimum Gasteiger partial charge on any atom is -0.379 e. The lowest BCUT2D eigenvalue weighted by molar-refractivity contribution is -0.122. The third-order valence-corrected chi connectivity index (χ3v) is 6.53. The van der Waals surface area contributed by atoms with Crippen molar-refractivity contribution in [1.82, 2.24) is 9.97 Å². The van der Waals surface area contributed by atoms with Crippen LogP contribution in [0.3, 0.4) is 0 Å². The summed E-state index contributed by atoms with van der Waals surface area (Å²) in [6, 6.07) is 9.76. The Morgan fingerprint density at radius 1 is 1.00 bits per heavy atom. The second-order valence-electron chi connectivity index (χ2n) is 7.85. The van der Waals surface area contributed by atoms with Gasteiger partial charge in [0.25, 0.3) is 0 Å². The Hall–Kier alpha value is -2.33. The molecule has 1 saturated carbocycles. The molecule has 3 aliphatic carbocycles. The van der Waals surface area contributed by atoms with Gasteiger partial charge in [-0.2, -0.15) is 0 Å². The van der Waals surface area contributed by atoms with Crippen molar-refractivity contribution in [3.05, 3.63) is 65.8 Å². The summed E-state index contributed by atoms with van der Waals surface area (Å²) in [4.78, 5) is 21.8. The summed E-state index contributed by atoms with van der Waals surface area (Å²) in [5.41, 5.74) is 1.96. The maximum Gasteiger partial charge on any atom is 0.159 e. The molecule has 3 aliphatic rings. The van der Waals surface area contributed by atoms with Crippen molar-refractivity contribution in [3.8, 4) is 0 Å². The molecule has 2 aromatic rings. The van der Waals surface area contributed by atoms with Gasteiger partial charge >= 0.3 is 0 Å². The Bertz CT molecular complexity index is 892. The van der Waals surface area contributed by atoms with Crippen molar-refractivity contribution in [3.63, 3.8) is 0 Å². The fraction of sp³-hybridized carbons (Fsp3) is 0.409. The summed E-state index contributed by atoms with van der Waals surface area (Å²) < 4.78 is 0. The highest BCUT2D eigenvalue weighted by atomic mass is 16.3. The molecule has 4 atom stereocenters. The van der Waals surface area contributed by atoms with Crippen molar-refractivity contribution in [2.24, 2.45) is 17.8 Å². The molecular weight excluding hydrogens is 324 g/mol. The third-order valence-electron chi connectivity index (χ3n) is 6.53. The molecule has 1 fully saturated rings. The molecule has 0 spiro atoms. The monoisotopic (exact) mass is 346 g/mol. The van der Waals surface area contributed by atoms with Crippen molar-refractivity contribution in [2.75, 3.05) is 0 Å². The normalized spacial score (nSPS) is 32.9. The van der Waals surface area contributed by atoms with Crippen LogP contribution in [0.4, 0.5) is 0 Å². The van der Waals surface area contributed by atoms with E-state index in [1.54, 1.807) is 18.5 Å². The maximum absolute atomic E-state index is 12.7. The summed E-state index contributed by atoms with van der Waals surface area (Å²) >= 11 is 0. The number of rotatable bonds is 1. The Labute approximate surface area is 153 Å². The molecule has 26 heavy (non-hydrogen) atoms. The molecule has 0 saturated heterocycles. The lowest BCUT2D eigenvalue weighted by Crippen LogP contribution is -2.44. The number of carbonyl (C=O) groups excluding carboxylic acids is 1. The first kappa shape index (κ1) is 15.9. The van der Waals surface area contributed by atoms with Crippen molar-refractivity contribution in [2.45, 2.75) is 37.7 Å². The highest BCUT2D eigenvalue weighted by Gasteiger charge is 2.51.